The summed E-state index contributed by atoms with van der Waals surface area (Å²) in [6, 6.07) is 0. The molecular formula is C7H10BrNS. The van der Waals surface area contributed by atoms with E-state index in [1.54, 1.807) is 11.3 Å². The Morgan fingerprint density at radius 2 is 2.40 bits per heavy atom. The lowest BCUT2D eigenvalue weighted by molar-refractivity contribution is 0.852. The molecule has 1 aromatic heterocycles. The van der Waals surface area contributed by atoms with Crippen molar-refractivity contribution in [3.05, 3.63) is 16.1 Å². The van der Waals surface area contributed by atoms with Crippen molar-refractivity contribution < 1.29 is 0 Å². The quantitative estimate of drug-likeness (QED) is 0.697. The zero-order chi connectivity index (χ0) is 7.56. The van der Waals surface area contributed by atoms with Gasteiger partial charge in [-0.1, -0.05) is 29.8 Å². The average Bonchev–Trinajstić information content (AvgIpc) is 2.34. The number of halogens is 1. The maximum absolute atomic E-state index is 4.28. The second kappa shape index (κ2) is 3.49. The van der Waals surface area contributed by atoms with E-state index >= 15 is 0 Å². The molecule has 10 heavy (non-hydrogen) atoms. The van der Waals surface area contributed by atoms with E-state index in [1.165, 1.54) is 9.88 Å². The first-order chi connectivity index (χ1) is 4.74. The molecule has 0 aromatic carbocycles. The molecule has 1 nitrogen and oxygen atoms in total. The van der Waals surface area contributed by atoms with Gasteiger partial charge in [-0.15, -0.1) is 11.3 Å². The summed E-state index contributed by atoms with van der Waals surface area (Å²) in [7, 11) is 0. The second-order valence-electron chi connectivity index (χ2n) is 2.45. The standard InChI is InChI=1S/C7H10BrNS/c1-5(2)7-9-4-6(3-8)10-7/h4-5H,3H2,1-2H3. The van der Waals surface area contributed by atoms with Crippen LogP contribution >= 0.6 is 27.3 Å². The van der Waals surface area contributed by atoms with Gasteiger partial charge in [0.1, 0.15) is 0 Å². The maximum atomic E-state index is 4.28. The van der Waals surface area contributed by atoms with Crippen molar-refractivity contribution in [2.24, 2.45) is 0 Å². The van der Waals surface area contributed by atoms with E-state index in [2.05, 4.69) is 34.8 Å². The molecule has 56 valence electrons. The second-order valence-corrected chi connectivity index (χ2v) is 4.16. The Balaban J connectivity index is 2.78. The molecule has 1 heterocycles. The Morgan fingerprint density at radius 1 is 1.70 bits per heavy atom. The van der Waals surface area contributed by atoms with Crippen LogP contribution in [0, 0.1) is 0 Å². The average molecular weight is 220 g/mol. The minimum atomic E-state index is 0.567. The van der Waals surface area contributed by atoms with E-state index < -0.39 is 0 Å². The van der Waals surface area contributed by atoms with Crippen molar-refractivity contribution in [2.75, 3.05) is 0 Å². The van der Waals surface area contributed by atoms with Gasteiger partial charge >= 0.3 is 0 Å². The molecule has 0 fully saturated rings. The first-order valence-corrected chi connectivity index (χ1v) is 5.18. The first kappa shape index (κ1) is 8.21. The minimum absolute atomic E-state index is 0.567. The van der Waals surface area contributed by atoms with Gasteiger partial charge in [-0.2, -0.15) is 0 Å². The molecule has 0 saturated heterocycles. The molecule has 0 radical (unpaired) electrons. The molecule has 0 N–H and O–H groups in total. The number of hydrogen-bond donors (Lipinski definition) is 0. The zero-order valence-electron chi connectivity index (χ0n) is 6.10. The lowest BCUT2D eigenvalue weighted by Crippen LogP contribution is -1.81. The van der Waals surface area contributed by atoms with Gasteiger partial charge in [0.2, 0.25) is 0 Å². The van der Waals surface area contributed by atoms with Gasteiger partial charge in [0.25, 0.3) is 0 Å². The van der Waals surface area contributed by atoms with Crippen molar-refractivity contribution >= 4 is 27.3 Å². The van der Waals surface area contributed by atoms with E-state index in [4.69, 9.17) is 0 Å². The predicted molar refractivity (Wildman–Crippen MR) is 48.8 cm³/mol. The van der Waals surface area contributed by atoms with Crippen LogP contribution in [0.5, 0.6) is 0 Å². The van der Waals surface area contributed by atoms with Crippen LogP contribution in [-0.2, 0) is 5.33 Å². The number of hydrogen-bond acceptors (Lipinski definition) is 2. The molecule has 0 aliphatic heterocycles. The minimum Gasteiger partial charge on any atom is -0.249 e. The Labute approximate surface area is 73.6 Å². The van der Waals surface area contributed by atoms with Crippen LogP contribution in [0.25, 0.3) is 0 Å². The van der Waals surface area contributed by atoms with Crippen LogP contribution in [0.1, 0.15) is 29.7 Å². The summed E-state index contributed by atoms with van der Waals surface area (Å²) in [6.07, 6.45) is 1.94. The SMILES string of the molecule is CC(C)c1ncc(CBr)s1. The lowest BCUT2D eigenvalue weighted by atomic mass is 10.2. The molecule has 0 spiro atoms. The van der Waals surface area contributed by atoms with Gasteiger partial charge in [-0.05, 0) is 0 Å². The molecule has 1 aromatic rings. The van der Waals surface area contributed by atoms with Gasteiger partial charge < -0.3 is 0 Å². The zero-order valence-corrected chi connectivity index (χ0v) is 8.50. The summed E-state index contributed by atoms with van der Waals surface area (Å²) in [5.41, 5.74) is 0. The van der Waals surface area contributed by atoms with E-state index in [9.17, 15) is 0 Å². The highest BCUT2D eigenvalue weighted by molar-refractivity contribution is 9.08. The fourth-order valence-corrected chi connectivity index (χ4v) is 1.91. The van der Waals surface area contributed by atoms with Crippen molar-refractivity contribution in [1.29, 1.82) is 0 Å². The third-order valence-corrected chi connectivity index (χ3v) is 3.47. The third kappa shape index (κ3) is 1.80. The Hall–Kier alpha value is 0.110. The smallest absolute Gasteiger partial charge is 0.0953 e. The highest BCUT2D eigenvalue weighted by Crippen LogP contribution is 2.22. The normalized spacial score (nSPS) is 10.8. The monoisotopic (exact) mass is 219 g/mol. The molecule has 0 aliphatic rings. The molecule has 0 amide bonds. The van der Waals surface area contributed by atoms with Crippen molar-refractivity contribution in [3.63, 3.8) is 0 Å². The van der Waals surface area contributed by atoms with Crippen molar-refractivity contribution in [1.82, 2.24) is 4.98 Å². The molecule has 0 unspecified atom stereocenters. The molecule has 0 atom stereocenters. The van der Waals surface area contributed by atoms with E-state index in [1.807, 2.05) is 6.20 Å². The molecule has 1 rings (SSSR count). The lowest BCUT2D eigenvalue weighted by Gasteiger charge is -1.94. The topological polar surface area (TPSA) is 12.9 Å². The number of aromatic nitrogens is 1. The highest BCUT2D eigenvalue weighted by Gasteiger charge is 2.03. The van der Waals surface area contributed by atoms with Crippen LogP contribution in [0.15, 0.2) is 6.20 Å². The Kier molecular flexibility index (Phi) is 2.86. The van der Waals surface area contributed by atoms with Gasteiger partial charge in [-0.3, -0.25) is 0 Å². The fraction of sp³-hybridized carbons (Fsp3) is 0.571. The summed E-state index contributed by atoms with van der Waals surface area (Å²) in [6.45, 7) is 4.33. The molecule has 3 heteroatoms. The summed E-state index contributed by atoms with van der Waals surface area (Å²) in [4.78, 5) is 5.58. The van der Waals surface area contributed by atoms with Gasteiger partial charge in [0.05, 0.1) is 5.01 Å². The molecular weight excluding hydrogens is 210 g/mol. The molecule has 0 saturated carbocycles. The van der Waals surface area contributed by atoms with Gasteiger partial charge in [0.15, 0.2) is 0 Å². The van der Waals surface area contributed by atoms with Crippen molar-refractivity contribution in [3.8, 4) is 0 Å². The van der Waals surface area contributed by atoms with Crippen LogP contribution in [0.4, 0.5) is 0 Å². The summed E-state index contributed by atoms with van der Waals surface area (Å²) in [5, 5.41) is 2.16. The largest absolute Gasteiger partial charge is 0.249 e. The van der Waals surface area contributed by atoms with Crippen LogP contribution in [0.2, 0.25) is 0 Å². The van der Waals surface area contributed by atoms with Crippen molar-refractivity contribution in [2.45, 2.75) is 25.1 Å². The Bertz CT molecular complexity index is 207. The highest BCUT2D eigenvalue weighted by atomic mass is 79.9. The van der Waals surface area contributed by atoms with Crippen LogP contribution in [-0.4, -0.2) is 4.98 Å². The fourth-order valence-electron chi connectivity index (χ4n) is 0.651. The molecule has 0 bridgehead atoms. The Morgan fingerprint density at radius 3 is 2.70 bits per heavy atom. The number of rotatable bonds is 2. The van der Waals surface area contributed by atoms with E-state index in [-0.39, 0.29) is 0 Å². The summed E-state index contributed by atoms with van der Waals surface area (Å²) in [5.74, 6) is 0.567. The number of alkyl halides is 1. The van der Waals surface area contributed by atoms with Crippen LogP contribution < -0.4 is 0 Å². The summed E-state index contributed by atoms with van der Waals surface area (Å²) < 4.78 is 0. The van der Waals surface area contributed by atoms with Gasteiger partial charge in [-0.25, -0.2) is 4.98 Å². The number of nitrogens with zero attached hydrogens (tertiary/aromatic N) is 1. The third-order valence-electron chi connectivity index (χ3n) is 1.20. The maximum Gasteiger partial charge on any atom is 0.0953 e. The summed E-state index contributed by atoms with van der Waals surface area (Å²) >= 11 is 5.17. The van der Waals surface area contributed by atoms with E-state index in [0.29, 0.717) is 5.92 Å². The van der Waals surface area contributed by atoms with E-state index in [0.717, 1.165) is 5.33 Å². The first-order valence-electron chi connectivity index (χ1n) is 3.24. The molecule has 0 aliphatic carbocycles. The predicted octanol–water partition coefficient (Wildman–Crippen LogP) is 3.16. The van der Waals surface area contributed by atoms with Gasteiger partial charge in [0, 0.05) is 22.3 Å². The number of thiazole rings is 1. The van der Waals surface area contributed by atoms with Crippen LogP contribution in [0.3, 0.4) is 0 Å².